The van der Waals surface area contributed by atoms with Crippen LogP contribution >= 0.6 is 11.3 Å². The van der Waals surface area contributed by atoms with Crippen molar-refractivity contribution in [2.24, 2.45) is 0 Å². The lowest BCUT2D eigenvalue weighted by Gasteiger charge is -2.00. The first-order valence-corrected chi connectivity index (χ1v) is 10.4. The van der Waals surface area contributed by atoms with Gasteiger partial charge < -0.3 is 4.42 Å². The number of hydrogen-bond acceptors (Lipinski definition) is 5. The first-order valence-electron chi connectivity index (χ1n) is 9.57. The number of ketones is 2. The first kappa shape index (κ1) is 17.9. The van der Waals surface area contributed by atoms with Crippen LogP contribution in [0.5, 0.6) is 0 Å². The van der Waals surface area contributed by atoms with E-state index in [1.807, 2.05) is 24.3 Å². The third-order valence-electron chi connectivity index (χ3n) is 5.35. The van der Waals surface area contributed by atoms with Crippen molar-refractivity contribution in [1.29, 1.82) is 0 Å². The Bertz CT molecular complexity index is 1490. The lowest BCUT2D eigenvalue weighted by molar-refractivity contribution is 0.0990. The number of allylic oxidation sites excluding steroid dienone is 1. The van der Waals surface area contributed by atoms with Crippen LogP contribution < -0.4 is 0 Å². The highest BCUT2D eigenvalue weighted by molar-refractivity contribution is 7.19. The van der Waals surface area contributed by atoms with Crippen LogP contribution in [0.1, 0.15) is 25.6 Å². The minimum Gasteiger partial charge on any atom is -0.435 e. The van der Waals surface area contributed by atoms with Gasteiger partial charge in [0.1, 0.15) is 5.82 Å². The maximum Gasteiger partial charge on any atom is 0.228 e. The van der Waals surface area contributed by atoms with E-state index < -0.39 is 0 Å². The largest absolute Gasteiger partial charge is 0.435 e. The standard InChI is InChI=1S/C25H12FNO3S/c26-16-7-5-13(6-8-16)24-27-25-21(30-24)12-17(31-25)11-20-22(28)18-9-14-3-1-2-4-15(14)10-19(18)23(20)29/h1-12H. The molecule has 0 aliphatic heterocycles. The molecule has 31 heavy (non-hydrogen) atoms. The maximum atomic E-state index is 13.1. The summed E-state index contributed by atoms with van der Waals surface area (Å²) in [5.41, 5.74) is 2.25. The molecule has 1 aliphatic carbocycles. The minimum atomic E-state index is -0.328. The van der Waals surface area contributed by atoms with Gasteiger partial charge in [-0.15, -0.1) is 11.3 Å². The summed E-state index contributed by atoms with van der Waals surface area (Å²) >= 11 is 1.33. The summed E-state index contributed by atoms with van der Waals surface area (Å²) in [6.45, 7) is 0. The molecule has 148 valence electrons. The van der Waals surface area contributed by atoms with Gasteiger partial charge in [-0.3, -0.25) is 9.59 Å². The van der Waals surface area contributed by atoms with E-state index in [4.69, 9.17) is 4.42 Å². The molecule has 4 nitrogen and oxygen atoms in total. The number of thiophene rings is 1. The SMILES string of the molecule is O=C1C(=Cc2cc3oc(-c4ccc(F)cc4)nc3s2)C(=O)c2cc3ccccc3cc21. The highest BCUT2D eigenvalue weighted by Crippen LogP contribution is 2.35. The Morgan fingerprint density at radius 3 is 2.13 bits per heavy atom. The van der Waals surface area contributed by atoms with E-state index in [1.165, 1.54) is 23.5 Å². The number of nitrogens with zero attached hydrogens (tertiary/aromatic N) is 1. The van der Waals surface area contributed by atoms with Crippen molar-refractivity contribution < 1.29 is 18.4 Å². The Balaban J connectivity index is 1.38. The van der Waals surface area contributed by atoms with Gasteiger partial charge >= 0.3 is 0 Å². The van der Waals surface area contributed by atoms with Crippen LogP contribution in [-0.4, -0.2) is 16.6 Å². The summed E-state index contributed by atoms with van der Waals surface area (Å²) in [6, 6.07) is 18.9. The molecule has 2 heterocycles. The van der Waals surface area contributed by atoms with Gasteiger partial charge in [-0.1, -0.05) is 24.3 Å². The summed E-state index contributed by atoms with van der Waals surface area (Å²) in [4.78, 5) is 31.6. The fourth-order valence-corrected chi connectivity index (χ4v) is 4.72. The molecule has 2 aromatic heterocycles. The van der Waals surface area contributed by atoms with Crippen molar-refractivity contribution in [3.8, 4) is 11.5 Å². The van der Waals surface area contributed by atoms with Crippen molar-refractivity contribution in [3.63, 3.8) is 0 Å². The zero-order valence-electron chi connectivity index (χ0n) is 15.9. The summed E-state index contributed by atoms with van der Waals surface area (Å²) in [5.74, 6) is -0.468. The van der Waals surface area contributed by atoms with E-state index in [2.05, 4.69) is 4.98 Å². The number of oxazole rings is 1. The van der Waals surface area contributed by atoms with Crippen molar-refractivity contribution in [3.05, 3.63) is 94.1 Å². The molecule has 5 aromatic rings. The number of aromatic nitrogens is 1. The molecule has 3 aromatic carbocycles. The molecular formula is C25H12FNO3S. The molecule has 0 amide bonds. The molecule has 6 rings (SSSR count). The van der Waals surface area contributed by atoms with Crippen LogP contribution in [-0.2, 0) is 0 Å². The maximum absolute atomic E-state index is 13.1. The van der Waals surface area contributed by atoms with Gasteiger partial charge in [0.05, 0.1) is 5.57 Å². The summed E-state index contributed by atoms with van der Waals surface area (Å²) in [7, 11) is 0. The molecule has 0 spiro atoms. The Morgan fingerprint density at radius 1 is 0.871 bits per heavy atom. The van der Waals surface area contributed by atoms with E-state index in [0.717, 1.165) is 10.8 Å². The summed E-state index contributed by atoms with van der Waals surface area (Å²) in [6.07, 6.45) is 1.61. The van der Waals surface area contributed by atoms with Crippen molar-refractivity contribution >= 4 is 50.2 Å². The van der Waals surface area contributed by atoms with Gasteiger partial charge in [-0.2, -0.15) is 4.98 Å². The number of rotatable bonds is 2. The van der Waals surface area contributed by atoms with E-state index in [0.29, 0.717) is 37.9 Å². The Morgan fingerprint density at radius 2 is 1.52 bits per heavy atom. The van der Waals surface area contributed by atoms with Gasteiger partial charge in [-0.25, -0.2) is 4.39 Å². The van der Waals surface area contributed by atoms with Gasteiger partial charge in [0.25, 0.3) is 0 Å². The zero-order chi connectivity index (χ0) is 21.1. The molecule has 0 N–H and O–H groups in total. The predicted molar refractivity (Wildman–Crippen MR) is 118 cm³/mol. The van der Waals surface area contributed by atoms with Crippen LogP contribution in [0.25, 0.3) is 38.7 Å². The average molecular weight is 425 g/mol. The number of fused-ring (bicyclic) bond motifs is 3. The van der Waals surface area contributed by atoms with E-state index in [1.54, 1.807) is 36.4 Å². The quantitative estimate of drug-likeness (QED) is 0.246. The smallest absolute Gasteiger partial charge is 0.228 e. The second-order valence-corrected chi connectivity index (χ2v) is 8.37. The Hall–Kier alpha value is -3.90. The van der Waals surface area contributed by atoms with Crippen LogP contribution in [0, 0.1) is 5.82 Å². The lowest BCUT2D eigenvalue weighted by Crippen LogP contribution is -1.99. The molecule has 0 saturated heterocycles. The molecule has 0 radical (unpaired) electrons. The molecular weight excluding hydrogens is 413 g/mol. The first-order chi connectivity index (χ1) is 15.1. The zero-order valence-corrected chi connectivity index (χ0v) is 16.7. The number of Topliss-reactive ketones (excluding diaryl/α,β-unsaturated/α-hetero) is 2. The molecule has 0 atom stereocenters. The Labute approximate surface area is 179 Å². The molecule has 0 unspecified atom stereocenters. The molecule has 0 fully saturated rings. The fraction of sp³-hybridized carbons (Fsp3) is 0. The number of halogens is 1. The molecule has 0 saturated carbocycles. The third-order valence-corrected chi connectivity index (χ3v) is 6.31. The number of hydrogen-bond donors (Lipinski definition) is 0. The summed E-state index contributed by atoms with van der Waals surface area (Å²) < 4.78 is 18.9. The number of benzene rings is 3. The van der Waals surface area contributed by atoms with Crippen molar-refractivity contribution in [2.45, 2.75) is 0 Å². The highest BCUT2D eigenvalue weighted by atomic mass is 32.1. The van der Waals surface area contributed by atoms with Gasteiger partial charge in [0, 0.05) is 27.6 Å². The number of carbonyl (C=O) groups excluding carboxylic acids is 2. The molecule has 1 aliphatic rings. The van der Waals surface area contributed by atoms with E-state index >= 15 is 0 Å². The van der Waals surface area contributed by atoms with Gasteiger partial charge in [0.15, 0.2) is 22.0 Å². The minimum absolute atomic E-state index is 0.146. The van der Waals surface area contributed by atoms with Crippen molar-refractivity contribution in [1.82, 2.24) is 4.98 Å². The fourth-order valence-electron chi connectivity index (χ4n) is 3.82. The Kier molecular flexibility index (Phi) is 3.79. The summed E-state index contributed by atoms with van der Waals surface area (Å²) in [5, 5.41) is 1.85. The monoisotopic (exact) mass is 425 g/mol. The normalized spacial score (nSPS) is 13.4. The van der Waals surface area contributed by atoms with Crippen molar-refractivity contribution in [2.75, 3.05) is 0 Å². The number of carbonyl (C=O) groups is 2. The van der Waals surface area contributed by atoms with Crippen LogP contribution in [0.3, 0.4) is 0 Å². The topological polar surface area (TPSA) is 60.2 Å². The average Bonchev–Trinajstić information content (AvgIpc) is 3.40. The predicted octanol–water partition coefficient (Wildman–Crippen LogP) is 6.31. The lowest BCUT2D eigenvalue weighted by atomic mass is 10.0. The van der Waals surface area contributed by atoms with E-state index in [9.17, 15) is 14.0 Å². The van der Waals surface area contributed by atoms with Gasteiger partial charge in [-0.05, 0) is 53.2 Å². The van der Waals surface area contributed by atoms with Crippen LogP contribution in [0.4, 0.5) is 4.39 Å². The van der Waals surface area contributed by atoms with E-state index in [-0.39, 0.29) is 23.0 Å². The second kappa shape index (κ2) is 6.55. The molecule has 6 heteroatoms. The molecule has 0 bridgehead atoms. The van der Waals surface area contributed by atoms with Crippen LogP contribution in [0.15, 0.2) is 76.7 Å². The highest BCUT2D eigenvalue weighted by Gasteiger charge is 2.33. The van der Waals surface area contributed by atoms with Gasteiger partial charge in [0.2, 0.25) is 5.89 Å². The van der Waals surface area contributed by atoms with Crippen LogP contribution in [0.2, 0.25) is 0 Å². The third kappa shape index (κ3) is 2.84. The second-order valence-electron chi connectivity index (χ2n) is 7.31.